The van der Waals surface area contributed by atoms with Crippen molar-refractivity contribution >= 4 is 19.8 Å². The lowest BCUT2D eigenvalue weighted by Gasteiger charge is -2.20. The Morgan fingerprint density at radius 1 is 0.561 bits per heavy atom. The molecule has 10 nitrogen and oxygen atoms in total. The molecule has 0 heterocycles. The molecule has 3 atom stereocenters. The van der Waals surface area contributed by atoms with Gasteiger partial charge in [0.2, 0.25) is 0 Å². The topological polar surface area (TPSA) is 155 Å². The number of carboxylic acid groups (broad SMARTS) is 1. The molecule has 3 unspecified atom stereocenters. The number of aliphatic carboxylic acids is 1. The SMILES string of the molecule is CCCCCC/C=C\CCCCCCCCOCC(COP(=O)(O)OCC(N)C(=O)O)OC(=O)CCCCCCCC/C=C\C/C=C\C/C=C\CCCCCCC. The number of unbranched alkanes of at least 4 members (excludes halogenated alkanes) is 21. The van der Waals surface area contributed by atoms with Crippen molar-refractivity contribution in [3.05, 3.63) is 48.6 Å². The third-order valence-electron chi connectivity index (χ3n) is 9.58. The minimum absolute atomic E-state index is 0.00649. The standard InChI is InChI=1S/C46H84NO9P/c1-3-5-7-9-11-13-15-17-19-20-21-22-23-24-25-26-28-30-32-34-36-38-45(48)56-43(41-54-57(51,52)55-42-44(47)46(49)50)40-53-39-37-35-33-31-29-27-18-16-14-12-10-8-6-4-2/h14-17,20-21,23-24,43-44H,3-13,18-19,22,25-42,47H2,1-2H3,(H,49,50)(H,51,52)/b16-14-,17-15-,21-20-,24-23-. The van der Waals surface area contributed by atoms with Crippen molar-refractivity contribution in [1.29, 1.82) is 0 Å². The number of carbonyl (C=O) groups is 2. The van der Waals surface area contributed by atoms with E-state index in [0.29, 0.717) is 13.0 Å². The first-order chi connectivity index (χ1) is 27.7. The Kier molecular flexibility index (Phi) is 40.5. The zero-order valence-electron chi connectivity index (χ0n) is 36.2. The molecular weight excluding hydrogens is 741 g/mol. The monoisotopic (exact) mass is 826 g/mol. The van der Waals surface area contributed by atoms with Crippen LogP contribution in [-0.4, -0.2) is 60.5 Å². The molecule has 0 aliphatic carbocycles. The summed E-state index contributed by atoms with van der Waals surface area (Å²) in [6.07, 6.45) is 48.7. The normalized spacial score (nSPS) is 14.3. The second kappa shape index (κ2) is 42.1. The number of nitrogens with two attached hydrogens (primary N) is 1. The zero-order chi connectivity index (χ0) is 41.9. The van der Waals surface area contributed by atoms with Crippen LogP contribution in [0.3, 0.4) is 0 Å². The van der Waals surface area contributed by atoms with Crippen LogP contribution in [0, 0.1) is 0 Å². The molecule has 4 N–H and O–H groups in total. The minimum atomic E-state index is -4.62. The summed E-state index contributed by atoms with van der Waals surface area (Å²) < 4.78 is 33.4. The molecule has 0 aliphatic rings. The van der Waals surface area contributed by atoms with Crippen LogP contribution < -0.4 is 5.73 Å². The molecule has 0 saturated carbocycles. The maximum Gasteiger partial charge on any atom is 0.472 e. The number of ether oxygens (including phenoxy) is 2. The second-order valence-electron chi connectivity index (χ2n) is 15.2. The highest BCUT2D eigenvalue weighted by Crippen LogP contribution is 2.43. The summed E-state index contributed by atoms with van der Waals surface area (Å²) in [6, 6.07) is -1.48. The van der Waals surface area contributed by atoms with Crippen LogP contribution in [0.25, 0.3) is 0 Å². The highest BCUT2D eigenvalue weighted by Gasteiger charge is 2.27. The molecule has 0 rings (SSSR count). The molecule has 332 valence electrons. The van der Waals surface area contributed by atoms with Crippen LogP contribution in [0.15, 0.2) is 48.6 Å². The van der Waals surface area contributed by atoms with Crippen molar-refractivity contribution in [3.63, 3.8) is 0 Å². The van der Waals surface area contributed by atoms with Gasteiger partial charge in [-0.3, -0.25) is 18.6 Å². The average molecular weight is 826 g/mol. The number of phosphoric acid groups is 1. The second-order valence-corrected chi connectivity index (χ2v) is 16.6. The van der Waals surface area contributed by atoms with Crippen LogP contribution >= 0.6 is 7.82 Å². The fraction of sp³-hybridized carbons (Fsp3) is 0.783. The van der Waals surface area contributed by atoms with Gasteiger partial charge in [-0.15, -0.1) is 0 Å². The third-order valence-corrected chi connectivity index (χ3v) is 10.5. The van der Waals surface area contributed by atoms with Gasteiger partial charge < -0.3 is 25.2 Å². The van der Waals surface area contributed by atoms with E-state index in [1.54, 1.807) is 0 Å². The van der Waals surface area contributed by atoms with Gasteiger partial charge in [-0.2, -0.15) is 0 Å². The summed E-state index contributed by atoms with van der Waals surface area (Å²) in [7, 11) is -4.62. The number of phosphoric ester groups is 1. The predicted octanol–water partition coefficient (Wildman–Crippen LogP) is 12.6. The largest absolute Gasteiger partial charge is 0.480 e. The zero-order valence-corrected chi connectivity index (χ0v) is 37.1. The fourth-order valence-corrected chi connectivity index (χ4v) is 6.79. The number of hydrogen-bond acceptors (Lipinski definition) is 8. The molecule has 11 heteroatoms. The minimum Gasteiger partial charge on any atom is -0.480 e. The maximum absolute atomic E-state index is 12.6. The van der Waals surface area contributed by atoms with E-state index < -0.39 is 45.1 Å². The first-order valence-corrected chi connectivity index (χ1v) is 24.2. The Bertz CT molecular complexity index is 1090. The number of esters is 1. The van der Waals surface area contributed by atoms with Crippen LogP contribution in [0.4, 0.5) is 0 Å². The molecule has 0 aliphatic heterocycles. The van der Waals surface area contributed by atoms with E-state index in [0.717, 1.165) is 77.0 Å². The van der Waals surface area contributed by atoms with Gasteiger partial charge in [0.15, 0.2) is 0 Å². The number of allylic oxidation sites excluding steroid dienone is 8. The molecule has 0 fully saturated rings. The first kappa shape index (κ1) is 54.9. The van der Waals surface area contributed by atoms with Gasteiger partial charge in [0.1, 0.15) is 12.1 Å². The average Bonchev–Trinajstić information content (AvgIpc) is 3.19. The molecule has 0 aromatic heterocycles. The predicted molar refractivity (Wildman–Crippen MR) is 235 cm³/mol. The van der Waals surface area contributed by atoms with E-state index in [1.807, 2.05) is 0 Å². The van der Waals surface area contributed by atoms with Crippen LogP contribution in [0.5, 0.6) is 0 Å². The molecule has 57 heavy (non-hydrogen) atoms. The summed E-state index contributed by atoms with van der Waals surface area (Å²) in [5.41, 5.74) is 5.36. The molecule has 0 radical (unpaired) electrons. The smallest absolute Gasteiger partial charge is 0.472 e. The van der Waals surface area contributed by atoms with Gasteiger partial charge in [-0.1, -0.05) is 159 Å². The van der Waals surface area contributed by atoms with Crippen LogP contribution in [0.2, 0.25) is 0 Å². The molecule has 0 aromatic carbocycles. The third kappa shape index (κ3) is 41.9. The maximum atomic E-state index is 12.6. The van der Waals surface area contributed by atoms with E-state index in [9.17, 15) is 19.0 Å². The Labute approximate surface area is 348 Å². The number of rotatable bonds is 43. The van der Waals surface area contributed by atoms with Crippen molar-refractivity contribution in [3.8, 4) is 0 Å². The first-order valence-electron chi connectivity index (χ1n) is 22.7. The number of hydrogen-bond donors (Lipinski definition) is 3. The summed E-state index contributed by atoms with van der Waals surface area (Å²) in [4.78, 5) is 33.6. The fourth-order valence-electron chi connectivity index (χ4n) is 6.02. The Hall–Kier alpha value is -2.07. The van der Waals surface area contributed by atoms with Crippen LogP contribution in [-0.2, 0) is 32.7 Å². The van der Waals surface area contributed by atoms with Gasteiger partial charge in [-0.25, -0.2) is 4.57 Å². The number of carboxylic acids is 1. The van der Waals surface area contributed by atoms with Gasteiger partial charge in [0.05, 0.1) is 19.8 Å². The Morgan fingerprint density at radius 2 is 0.965 bits per heavy atom. The summed E-state index contributed by atoms with van der Waals surface area (Å²) >= 11 is 0. The van der Waals surface area contributed by atoms with Crippen molar-refractivity contribution in [1.82, 2.24) is 0 Å². The highest BCUT2D eigenvalue weighted by molar-refractivity contribution is 7.47. The molecular formula is C46H84NO9P. The molecule has 0 bridgehead atoms. The number of carbonyl (C=O) groups excluding carboxylic acids is 1. The highest BCUT2D eigenvalue weighted by atomic mass is 31.2. The molecule has 0 aromatic rings. The van der Waals surface area contributed by atoms with E-state index in [1.165, 1.54) is 89.9 Å². The van der Waals surface area contributed by atoms with Crippen molar-refractivity contribution in [2.75, 3.05) is 26.4 Å². The van der Waals surface area contributed by atoms with Gasteiger partial charge >= 0.3 is 19.8 Å². The van der Waals surface area contributed by atoms with Gasteiger partial charge in [0, 0.05) is 13.0 Å². The van der Waals surface area contributed by atoms with E-state index in [4.69, 9.17) is 29.4 Å². The molecule has 0 saturated heterocycles. The van der Waals surface area contributed by atoms with E-state index in [-0.39, 0.29) is 13.0 Å². The van der Waals surface area contributed by atoms with Crippen LogP contribution in [0.1, 0.15) is 194 Å². The molecule has 0 spiro atoms. The molecule has 0 amide bonds. The van der Waals surface area contributed by atoms with E-state index >= 15 is 0 Å². The lowest BCUT2D eigenvalue weighted by atomic mass is 10.1. The summed E-state index contributed by atoms with van der Waals surface area (Å²) in [5.74, 6) is -1.79. The van der Waals surface area contributed by atoms with Crippen molar-refractivity contribution in [2.24, 2.45) is 5.73 Å². The van der Waals surface area contributed by atoms with Crippen molar-refractivity contribution < 1.29 is 42.7 Å². The Balaban J connectivity index is 4.25. The quantitative estimate of drug-likeness (QED) is 0.0234. The lowest BCUT2D eigenvalue weighted by molar-refractivity contribution is -0.154. The lowest BCUT2D eigenvalue weighted by Crippen LogP contribution is -2.34. The van der Waals surface area contributed by atoms with Gasteiger partial charge in [-0.05, 0) is 77.0 Å². The Morgan fingerprint density at radius 3 is 1.47 bits per heavy atom. The summed E-state index contributed by atoms with van der Waals surface area (Å²) in [6.45, 7) is 3.83. The summed E-state index contributed by atoms with van der Waals surface area (Å²) in [5, 5.41) is 8.90. The van der Waals surface area contributed by atoms with Gasteiger partial charge in [0.25, 0.3) is 0 Å². The van der Waals surface area contributed by atoms with E-state index in [2.05, 4.69) is 62.5 Å². The van der Waals surface area contributed by atoms with Crippen molar-refractivity contribution in [2.45, 2.75) is 206 Å².